The lowest BCUT2D eigenvalue weighted by Gasteiger charge is -2.11. The van der Waals surface area contributed by atoms with Gasteiger partial charge in [0.2, 0.25) is 5.91 Å². The molecule has 0 aromatic heterocycles. The summed E-state index contributed by atoms with van der Waals surface area (Å²) in [7, 11) is 0. The molecule has 0 unspecified atom stereocenters. The number of rotatable bonds is 9. The van der Waals surface area contributed by atoms with Gasteiger partial charge in [0.25, 0.3) is 5.91 Å². The number of ether oxygens (including phenoxy) is 1. The van der Waals surface area contributed by atoms with Gasteiger partial charge in [-0.3, -0.25) is 9.59 Å². The number of amides is 2. The third-order valence-electron chi connectivity index (χ3n) is 3.98. The van der Waals surface area contributed by atoms with Crippen molar-refractivity contribution in [3.63, 3.8) is 0 Å². The first kappa shape index (κ1) is 21.0. The number of hydrogen-bond acceptors (Lipinski definition) is 3. The largest absolute Gasteiger partial charge is 0.494 e. The summed E-state index contributed by atoms with van der Waals surface area (Å²) in [5, 5.41) is 5.63. The van der Waals surface area contributed by atoms with Crippen molar-refractivity contribution in [3.8, 4) is 5.75 Å². The molecule has 0 fully saturated rings. The molecule has 0 aliphatic rings. The molecule has 0 radical (unpaired) electrons. The predicted octanol–water partition coefficient (Wildman–Crippen LogP) is 4.70. The van der Waals surface area contributed by atoms with Crippen LogP contribution in [0.15, 0.2) is 46.9 Å². The molecule has 2 amide bonds. The molecule has 2 N–H and O–H groups in total. The molecule has 2 rings (SSSR count). The van der Waals surface area contributed by atoms with Gasteiger partial charge in [-0.15, -0.1) is 0 Å². The van der Waals surface area contributed by atoms with E-state index < -0.39 is 0 Å². The molecule has 0 saturated carbocycles. The lowest BCUT2D eigenvalue weighted by Crippen LogP contribution is -2.27. The molecule has 2 aromatic carbocycles. The van der Waals surface area contributed by atoms with Crippen molar-refractivity contribution in [3.05, 3.63) is 58.1 Å². The average Bonchev–Trinajstić information content (AvgIpc) is 2.64. The molecule has 5 nitrogen and oxygen atoms in total. The highest BCUT2D eigenvalue weighted by molar-refractivity contribution is 9.10. The summed E-state index contributed by atoms with van der Waals surface area (Å²) in [6.07, 6.45) is 2.31. The van der Waals surface area contributed by atoms with Crippen molar-refractivity contribution in [1.29, 1.82) is 0 Å². The summed E-state index contributed by atoms with van der Waals surface area (Å²) in [5.41, 5.74) is 2.26. The van der Waals surface area contributed by atoms with Crippen LogP contribution in [-0.4, -0.2) is 25.0 Å². The molecule has 0 aliphatic carbocycles. The number of hydrogen-bond donors (Lipinski definition) is 2. The second-order valence-electron chi connectivity index (χ2n) is 6.24. The highest BCUT2D eigenvalue weighted by Crippen LogP contribution is 2.21. The maximum atomic E-state index is 12.1. The Bertz CT molecular complexity index is 775. The van der Waals surface area contributed by atoms with Gasteiger partial charge in [-0.1, -0.05) is 29.3 Å². The van der Waals surface area contributed by atoms with E-state index in [-0.39, 0.29) is 24.8 Å². The Labute approximate surface area is 168 Å². The van der Waals surface area contributed by atoms with Crippen LogP contribution < -0.4 is 15.4 Å². The van der Waals surface area contributed by atoms with Crippen LogP contribution >= 0.6 is 15.9 Å². The number of nitrogens with one attached hydrogen (secondary N) is 2. The summed E-state index contributed by atoms with van der Waals surface area (Å²) >= 11 is 3.33. The Hall–Kier alpha value is -2.34. The minimum atomic E-state index is -0.194. The second kappa shape index (κ2) is 10.7. The molecular weight excluding hydrogens is 408 g/mol. The van der Waals surface area contributed by atoms with Gasteiger partial charge in [0.1, 0.15) is 5.75 Å². The molecule has 2 aromatic rings. The summed E-state index contributed by atoms with van der Waals surface area (Å²) < 4.78 is 6.58. The number of carbonyl (C=O) groups excluding carboxylic acids is 2. The molecular formula is C21H25BrN2O3. The standard InChI is InChI=1S/C21H25BrN2O3/c1-3-4-13-27-18-9-10-19(15(2)14-18)24-20(25)11-12-23-21(26)16-5-7-17(22)8-6-16/h5-10,14H,3-4,11-13H2,1-2H3,(H,23,26)(H,24,25). The summed E-state index contributed by atoms with van der Waals surface area (Å²) in [4.78, 5) is 24.1. The first-order valence-electron chi connectivity index (χ1n) is 9.06. The minimum Gasteiger partial charge on any atom is -0.494 e. The van der Waals surface area contributed by atoms with Gasteiger partial charge >= 0.3 is 0 Å². The predicted molar refractivity (Wildman–Crippen MR) is 111 cm³/mol. The minimum absolute atomic E-state index is 0.145. The van der Waals surface area contributed by atoms with Crippen molar-refractivity contribution in [2.24, 2.45) is 0 Å². The maximum Gasteiger partial charge on any atom is 0.251 e. The Morgan fingerprint density at radius 1 is 1.11 bits per heavy atom. The van der Waals surface area contributed by atoms with Gasteiger partial charge in [-0.25, -0.2) is 0 Å². The number of carbonyl (C=O) groups is 2. The van der Waals surface area contributed by atoms with Gasteiger partial charge in [0.05, 0.1) is 6.61 Å². The Morgan fingerprint density at radius 2 is 1.85 bits per heavy atom. The van der Waals surface area contributed by atoms with Gasteiger partial charge in [0, 0.05) is 28.7 Å². The average molecular weight is 433 g/mol. The number of unbranched alkanes of at least 4 members (excludes halogenated alkanes) is 1. The van der Waals surface area contributed by atoms with E-state index in [0.29, 0.717) is 12.2 Å². The quantitative estimate of drug-likeness (QED) is 0.564. The Balaban J connectivity index is 1.78. The molecule has 0 saturated heterocycles. The third-order valence-corrected chi connectivity index (χ3v) is 4.51. The van der Waals surface area contributed by atoms with Crippen molar-refractivity contribution in [2.75, 3.05) is 18.5 Å². The van der Waals surface area contributed by atoms with E-state index in [9.17, 15) is 9.59 Å². The van der Waals surface area contributed by atoms with Gasteiger partial charge < -0.3 is 15.4 Å². The molecule has 0 spiro atoms. The van der Waals surface area contributed by atoms with E-state index in [1.165, 1.54) is 0 Å². The summed E-state index contributed by atoms with van der Waals surface area (Å²) in [5.74, 6) is 0.467. The van der Waals surface area contributed by atoms with Gasteiger partial charge in [0.15, 0.2) is 0 Å². The van der Waals surface area contributed by atoms with Crippen LogP contribution in [0.3, 0.4) is 0 Å². The maximum absolute atomic E-state index is 12.1. The van der Waals surface area contributed by atoms with E-state index in [1.54, 1.807) is 24.3 Å². The van der Waals surface area contributed by atoms with Crippen LogP contribution in [0, 0.1) is 6.92 Å². The third kappa shape index (κ3) is 7.06. The Kier molecular flexibility index (Phi) is 8.33. The van der Waals surface area contributed by atoms with Gasteiger partial charge in [-0.2, -0.15) is 0 Å². The monoisotopic (exact) mass is 432 g/mol. The molecule has 0 heterocycles. The summed E-state index contributed by atoms with van der Waals surface area (Å²) in [6.45, 7) is 5.02. The van der Waals surface area contributed by atoms with Crippen LogP contribution in [0.25, 0.3) is 0 Å². The topological polar surface area (TPSA) is 67.4 Å². The second-order valence-corrected chi connectivity index (χ2v) is 7.16. The van der Waals surface area contributed by atoms with Crippen LogP contribution in [0.2, 0.25) is 0 Å². The number of benzene rings is 2. The van der Waals surface area contributed by atoms with Crippen LogP contribution in [0.4, 0.5) is 5.69 Å². The number of anilines is 1. The van der Waals surface area contributed by atoms with E-state index >= 15 is 0 Å². The molecule has 6 heteroatoms. The zero-order chi connectivity index (χ0) is 19.6. The normalized spacial score (nSPS) is 10.3. The van der Waals surface area contributed by atoms with E-state index in [4.69, 9.17) is 4.74 Å². The van der Waals surface area contributed by atoms with Crippen LogP contribution in [0.1, 0.15) is 42.1 Å². The first-order valence-corrected chi connectivity index (χ1v) is 9.86. The molecule has 0 atom stereocenters. The zero-order valence-electron chi connectivity index (χ0n) is 15.7. The van der Waals surface area contributed by atoms with Crippen LogP contribution in [-0.2, 0) is 4.79 Å². The molecule has 0 bridgehead atoms. The zero-order valence-corrected chi connectivity index (χ0v) is 17.3. The fourth-order valence-corrected chi connectivity index (χ4v) is 2.67. The number of halogens is 1. The van der Waals surface area contributed by atoms with Crippen molar-refractivity contribution in [2.45, 2.75) is 33.1 Å². The molecule has 144 valence electrons. The van der Waals surface area contributed by atoms with Crippen molar-refractivity contribution >= 4 is 33.4 Å². The van der Waals surface area contributed by atoms with Crippen LogP contribution in [0.5, 0.6) is 5.75 Å². The van der Waals surface area contributed by atoms with Crippen molar-refractivity contribution < 1.29 is 14.3 Å². The fraction of sp³-hybridized carbons (Fsp3) is 0.333. The van der Waals surface area contributed by atoms with E-state index in [0.717, 1.165) is 34.3 Å². The SMILES string of the molecule is CCCCOc1ccc(NC(=O)CCNC(=O)c2ccc(Br)cc2)c(C)c1. The first-order chi connectivity index (χ1) is 13.0. The van der Waals surface area contributed by atoms with Crippen molar-refractivity contribution in [1.82, 2.24) is 5.32 Å². The highest BCUT2D eigenvalue weighted by atomic mass is 79.9. The smallest absolute Gasteiger partial charge is 0.251 e. The van der Waals surface area contributed by atoms with Gasteiger partial charge in [-0.05, 0) is 61.4 Å². The summed E-state index contributed by atoms with van der Waals surface area (Å²) in [6, 6.07) is 12.7. The van der Waals surface area contributed by atoms with E-state index in [2.05, 4.69) is 33.5 Å². The number of aryl methyl sites for hydroxylation is 1. The highest BCUT2D eigenvalue weighted by Gasteiger charge is 2.08. The lowest BCUT2D eigenvalue weighted by atomic mass is 10.2. The lowest BCUT2D eigenvalue weighted by molar-refractivity contribution is -0.116. The molecule has 27 heavy (non-hydrogen) atoms. The molecule has 0 aliphatic heterocycles. The fourth-order valence-electron chi connectivity index (χ4n) is 2.41. The van der Waals surface area contributed by atoms with E-state index in [1.807, 2.05) is 25.1 Å². The Morgan fingerprint density at radius 3 is 2.52 bits per heavy atom.